The molecule has 0 aliphatic carbocycles. The number of unbranched alkanes of at least 4 members (excludes halogenated alkanes) is 1. The number of para-hydroxylation sites is 1. The lowest BCUT2D eigenvalue weighted by molar-refractivity contribution is -0.0501. The van der Waals surface area contributed by atoms with Gasteiger partial charge in [0.25, 0.3) is 0 Å². The third-order valence-corrected chi connectivity index (χ3v) is 2.22. The van der Waals surface area contributed by atoms with Crippen molar-refractivity contribution in [3.63, 3.8) is 0 Å². The third kappa shape index (κ3) is 4.34. The maximum atomic E-state index is 12.1. The highest BCUT2D eigenvalue weighted by molar-refractivity contribution is 5.98. The van der Waals surface area contributed by atoms with Gasteiger partial charge in [-0.15, -0.1) is 6.58 Å². The van der Waals surface area contributed by atoms with Crippen LogP contribution in [0.5, 0.6) is 5.75 Å². The van der Waals surface area contributed by atoms with Crippen LogP contribution in [-0.2, 0) is 0 Å². The van der Waals surface area contributed by atoms with Crippen LogP contribution in [0.15, 0.2) is 36.9 Å². The number of allylic oxidation sites excluding steroid dienone is 1. The van der Waals surface area contributed by atoms with Gasteiger partial charge in [-0.05, 0) is 25.0 Å². The number of benzene rings is 1. The molecule has 1 rings (SSSR count). The lowest BCUT2D eigenvalue weighted by Crippen LogP contribution is -2.07. The lowest BCUT2D eigenvalue weighted by atomic mass is 10.0. The Kier molecular flexibility index (Phi) is 5.33. The van der Waals surface area contributed by atoms with Gasteiger partial charge in [0, 0.05) is 6.42 Å². The Labute approximate surface area is 98.9 Å². The maximum absolute atomic E-state index is 12.1. The van der Waals surface area contributed by atoms with Gasteiger partial charge in [-0.2, -0.15) is 8.78 Å². The smallest absolute Gasteiger partial charge is 0.387 e. The zero-order valence-electron chi connectivity index (χ0n) is 9.36. The van der Waals surface area contributed by atoms with E-state index in [4.69, 9.17) is 0 Å². The van der Waals surface area contributed by atoms with Gasteiger partial charge in [0.2, 0.25) is 0 Å². The van der Waals surface area contributed by atoms with Crippen LogP contribution >= 0.6 is 0 Å². The summed E-state index contributed by atoms with van der Waals surface area (Å²) < 4.78 is 28.5. The van der Waals surface area contributed by atoms with Crippen molar-refractivity contribution in [2.75, 3.05) is 0 Å². The molecule has 0 spiro atoms. The van der Waals surface area contributed by atoms with Gasteiger partial charge in [0.1, 0.15) is 5.75 Å². The van der Waals surface area contributed by atoms with Gasteiger partial charge in [-0.25, -0.2) is 0 Å². The molecule has 0 radical (unpaired) electrons. The van der Waals surface area contributed by atoms with Gasteiger partial charge in [0.15, 0.2) is 5.78 Å². The summed E-state index contributed by atoms with van der Waals surface area (Å²) in [6.45, 7) is 0.633. The molecule has 0 saturated heterocycles. The van der Waals surface area contributed by atoms with Crippen LogP contribution in [0.2, 0.25) is 0 Å². The molecule has 0 N–H and O–H groups in total. The lowest BCUT2D eigenvalue weighted by Gasteiger charge is -2.09. The van der Waals surface area contributed by atoms with E-state index >= 15 is 0 Å². The molecule has 4 heteroatoms. The molecule has 0 amide bonds. The number of hydrogen-bond acceptors (Lipinski definition) is 2. The van der Waals surface area contributed by atoms with Crippen LogP contribution in [0, 0.1) is 0 Å². The van der Waals surface area contributed by atoms with E-state index in [0.717, 1.165) is 6.42 Å². The molecule has 1 aromatic rings. The highest BCUT2D eigenvalue weighted by Crippen LogP contribution is 2.22. The van der Waals surface area contributed by atoms with Gasteiger partial charge in [-0.1, -0.05) is 18.2 Å². The second-order valence-corrected chi connectivity index (χ2v) is 3.48. The number of ether oxygens (including phenoxy) is 1. The van der Waals surface area contributed by atoms with Gasteiger partial charge in [-0.3, -0.25) is 4.79 Å². The molecule has 17 heavy (non-hydrogen) atoms. The van der Waals surface area contributed by atoms with Gasteiger partial charge >= 0.3 is 6.61 Å². The van der Waals surface area contributed by atoms with Crippen molar-refractivity contribution in [2.45, 2.75) is 25.9 Å². The number of carbonyl (C=O) groups excluding carboxylic acids is 1. The highest BCUT2D eigenvalue weighted by Gasteiger charge is 2.14. The van der Waals surface area contributed by atoms with Crippen molar-refractivity contribution >= 4 is 5.78 Å². The Morgan fingerprint density at radius 2 is 2.12 bits per heavy atom. The molecule has 2 nitrogen and oxygen atoms in total. The minimum atomic E-state index is -2.92. The first-order chi connectivity index (χ1) is 8.15. The van der Waals surface area contributed by atoms with Crippen LogP contribution in [0.4, 0.5) is 8.78 Å². The largest absolute Gasteiger partial charge is 0.434 e. The molecule has 92 valence electrons. The first-order valence-corrected chi connectivity index (χ1v) is 5.33. The Morgan fingerprint density at radius 1 is 1.41 bits per heavy atom. The quantitative estimate of drug-likeness (QED) is 0.411. The molecule has 0 atom stereocenters. The molecular weight excluding hydrogens is 226 g/mol. The predicted octanol–water partition coefficient (Wildman–Crippen LogP) is 3.83. The standard InChI is InChI=1S/C13H14F2O2/c1-2-3-4-8-11(16)10-7-5-6-9-12(10)17-13(14)15/h2,5-7,9,13H,1,3-4,8H2. The molecule has 0 bridgehead atoms. The van der Waals surface area contributed by atoms with Crippen molar-refractivity contribution in [3.8, 4) is 5.75 Å². The first kappa shape index (κ1) is 13.4. The van der Waals surface area contributed by atoms with Crippen LogP contribution in [-0.4, -0.2) is 12.4 Å². The summed E-state index contributed by atoms with van der Waals surface area (Å²) in [5.74, 6) is -0.255. The molecule has 0 aliphatic rings. The van der Waals surface area contributed by atoms with E-state index < -0.39 is 6.61 Å². The van der Waals surface area contributed by atoms with Crippen molar-refractivity contribution in [2.24, 2.45) is 0 Å². The molecule has 0 heterocycles. The average Bonchev–Trinajstić information content (AvgIpc) is 2.29. The summed E-state index contributed by atoms with van der Waals surface area (Å²) >= 11 is 0. The Bertz CT molecular complexity index is 389. The van der Waals surface area contributed by atoms with E-state index in [-0.39, 0.29) is 17.1 Å². The van der Waals surface area contributed by atoms with Crippen molar-refractivity contribution in [1.29, 1.82) is 0 Å². The molecule has 1 aromatic carbocycles. The summed E-state index contributed by atoms with van der Waals surface area (Å²) in [6, 6.07) is 6.04. The van der Waals surface area contributed by atoms with Gasteiger partial charge < -0.3 is 4.74 Å². The number of carbonyl (C=O) groups is 1. The van der Waals surface area contributed by atoms with E-state index in [2.05, 4.69) is 11.3 Å². The van der Waals surface area contributed by atoms with E-state index in [1.165, 1.54) is 12.1 Å². The van der Waals surface area contributed by atoms with E-state index in [9.17, 15) is 13.6 Å². The first-order valence-electron chi connectivity index (χ1n) is 5.33. The minimum Gasteiger partial charge on any atom is -0.434 e. The number of ketones is 1. The zero-order valence-corrected chi connectivity index (χ0v) is 9.36. The van der Waals surface area contributed by atoms with Crippen molar-refractivity contribution in [1.82, 2.24) is 0 Å². The summed E-state index contributed by atoms with van der Waals surface area (Å²) in [5.41, 5.74) is 0.205. The Balaban J connectivity index is 2.74. The predicted molar refractivity (Wildman–Crippen MR) is 61.5 cm³/mol. The van der Waals surface area contributed by atoms with E-state index in [1.807, 2.05) is 0 Å². The molecule has 0 aromatic heterocycles. The van der Waals surface area contributed by atoms with Crippen LogP contribution in [0.3, 0.4) is 0 Å². The number of halogens is 2. The zero-order chi connectivity index (χ0) is 12.7. The van der Waals surface area contributed by atoms with E-state index in [1.54, 1.807) is 18.2 Å². The number of alkyl halides is 2. The number of Topliss-reactive ketones (excluding diaryl/α,β-unsaturated/α-hetero) is 1. The fourth-order valence-electron chi connectivity index (χ4n) is 1.44. The number of rotatable bonds is 7. The molecule has 0 unspecified atom stereocenters. The maximum Gasteiger partial charge on any atom is 0.387 e. The monoisotopic (exact) mass is 240 g/mol. The Hall–Kier alpha value is -1.71. The van der Waals surface area contributed by atoms with Crippen molar-refractivity contribution in [3.05, 3.63) is 42.5 Å². The average molecular weight is 240 g/mol. The summed E-state index contributed by atoms with van der Waals surface area (Å²) in [7, 11) is 0. The topological polar surface area (TPSA) is 26.3 Å². The Morgan fingerprint density at radius 3 is 2.76 bits per heavy atom. The highest BCUT2D eigenvalue weighted by atomic mass is 19.3. The fourth-order valence-corrected chi connectivity index (χ4v) is 1.44. The fraction of sp³-hybridized carbons (Fsp3) is 0.308. The summed E-state index contributed by atoms with van der Waals surface area (Å²) in [5, 5.41) is 0. The SMILES string of the molecule is C=CCCCC(=O)c1ccccc1OC(F)F. The number of hydrogen-bond donors (Lipinski definition) is 0. The second-order valence-electron chi connectivity index (χ2n) is 3.48. The molecule has 0 saturated carbocycles. The third-order valence-electron chi connectivity index (χ3n) is 2.22. The minimum absolute atomic E-state index is 0.0638. The van der Waals surface area contributed by atoms with Crippen LogP contribution in [0.25, 0.3) is 0 Å². The normalized spacial score (nSPS) is 10.3. The van der Waals surface area contributed by atoms with Crippen LogP contribution in [0.1, 0.15) is 29.6 Å². The summed E-state index contributed by atoms with van der Waals surface area (Å²) in [4.78, 5) is 11.8. The second kappa shape index (κ2) is 6.78. The van der Waals surface area contributed by atoms with Crippen LogP contribution < -0.4 is 4.74 Å². The van der Waals surface area contributed by atoms with E-state index in [0.29, 0.717) is 12.8 Å². The van der Waals surface area contributed by atoms with Gasteiger partial charge in [0.05, 0.1) is 5.56 Å². The molecule has 0 aliphatic heterocycles. The molecule has 0 fully saturated rings. The summed E-state index contributed by atoms with van der Waals surface area (Å²) in [6.07, 6.45) is 3.40. The molecular formula is C13H14F2O2. The van der Waals surface area contributed by atoms with Crippen molar-refractivity contribution < 1.29 is 18.3 Å².